The van der Waals surface area contributed by atoms with Crippen LogP contribution < -0.4 is 0 Å². The molecule has 0 spiro atoms. The van der Waals surface area contributed by atoms with Crippen LogP contribution in [0.1, 0.15) is 11.1 Å². The number of aryl methyl sites for hydroxylation is 1. The van der Waals surface area contributed by atoms with Crippen LogP contribution in [0.15, 0.2) is 24.5 Å². The fourth-order valence-electron chi connectivity index (χ4n) is 1.38. The summed E-state index contributed by atoms with van der Waals surface area (Å²) in [5, 5.41) is 0.628. The van der Waals surface area contributed by atoms with E-state index in [9.17, 15) is 4.79 Å². The van der Waals surface area contributed by atoms with Crippen molar-refractivity contribution in [3.63, 3.8) is 0 Å². The van der Waals surface area contributed by atoms with Gasteiger partial charge in [-0.3, -0.25) is 0 Å². The molecular formula is C12H13ClO3. The number of hydrogen-bond acceptors (Lipinski definition) is 3. The highest BCUT2D eigenvalue weighted by atomic mass is 35.5. The molecule has 0 saturated carbocycles. The quantitative estimate of drug-likeness (QED) is 0.463. The zero-order chi connectivity index (χ0) is 12.1. The summed E-state index contributed by atoms with van der Waals surface area (Å²) in [5.41, 5.74) is 2.01. The van der Waals surface area contributed by atoms with E-state index in [0.29, 0.717) is 10.6 Å². The number of halogens is 1. The first kappa shape index (κ1) is 12.6. The number of carbonyl (C=O) groups is 1. The number of esters is 1. The second kappa shape index (κ2) is 5.56. The molecule has 4 heteroatoms. The average Bonchev–Trinajstić information content (AvgIpc) is 2.26. The molecule has 0 saturated heterocycles. The summed E-state index contributed by atoms with van der Waals surface area (Å²) in [6.07, 6.45) is 1.36. The molecule has 0 N–H and O–H groups in total. The lowest BCUT2D eigenvalue weighted by Crippen LogP contribution is -2.05. The van der Waals surface area contributed by atoms with Gasteiger partial charge in [-0.2, -0.15) is 0 Å². The summed E-state index contributed by atoms with van der Waals surface area (Å²) in [6.45, 7) is 1.87. The van der Waals surface area contributed by atoms with Crippen LogP contribution in [-0.2, 0) is 14.3 Å². The first-order chi connectivity index (χ1) is 7.60. The summed E-state index contributed by atoms with van der Waals surface area (Å²) in [5.74, 6) is -0.438. The van der Waals surface area contributed by atoms with Gasteiger partial charge < -0.3 is 9.47 Å². The van der Waals surface area contributed by atoms with E-state index in [0.717, 1.165) is 11.1 Å². The number of rotatable bonds is 3. The van der Waals surface area contributed by atoms with Crippen molar-refractivity contribution < 1.29 is 14.3 Å². The third-order valence-electron chi connectivity index (χ3n) is 2.12. The predicted octanol–water partition coefficient (Wildman–Crippen LogP) is 2.81. The number of methoxy groups -OCH3 is 2. The molecule has 0 heterocycles. The van der Waals surface area contributed by atoms with Crippen molar-refractivity contribution in [2.45, 2.75) is 6.92 Å². The molecule has 0 bridgehead atoms. The van der Waals surface area contributed by atoms with Crippen LogP contribution in [0.25, 0.3) is 5.57 Å². The fraction of sp³-hybridized carbons (Fsp3) is 0.250. The smallest absolute Gasteiger partial charge is 0.341 e. The molecule has 0 unspecified atom stereocenters. The van der Waals surface area contributed by atoms with Crippen molar-refractivity contribution in [1.29, 1.82) is 0 Å². The monoisotopic (exact) mass is 240 g/mol. The number of carbonyl (C=O) groups excluding carboxylic acids is 1. The van der Waals surface area contributed by atoms with Crippen LogP contribution >= 0.6 is 11.6 Å². The fourth-order valence-corrected chi connectivity index (χ4v) is 1.61. The lowest BCUT2D eigenvalue weighted by atomic mass is 10.0. The van der Waals surface area contributed by atoms with Gasteiger partial charge >= 0.3 is 5.97 Å². The third-order valence-corrected chi connectivity index (χ3v) is 2.35. The molecule has 1 aromatic rings. The molecule has 0 radical (unpaired) electrons. The normalized spacial score (nSPS) is 11.1. The Morgan fingerprint density at radius 1 is 1.38 bits per heavy atom. The van der Waals surface area contributed by atoms with Gasteiger partial charge in [-0.1, -0.05) is 17.7 Å². The van der Waals surface area contributed by atoms with Crippen molar-refractivity contribution >= 4 is 23.1 Å². The Kier molecular flexibility index (Phi) is 4.38. The summed E-state index contributed by atoms with van der Waals surface area (Å²) in [4.78, 5) is 11.5. The van der Waals surface area contributed by atoms with Crippen molar-refractivity contribution in [3.05, 3.63) is 40.6 Å². The van der Waals surface area contributed by atoms with E-state index in [2.05, 4.69) is 4.74 Å². The number of ether oxygens (including phenoxy) is 2. The van der Waals surface area contributed by atoms with Gasteiger partial charge in [-0.05, 0) is 30.2 Å². The van der Waals surface area contributed by atoms with Crippen molar-refractivity contribution in [1.82, 2.24) is 0 Å². The van der Waals surface area contributed by atoms with Crippen LogP contribution in [0, 0.1) is 6.92 Å². The molecule has 0 amide bonds. The lowest BCUT2D eigenvalue weighted by molar-refractivity contribution is -0.133. The minimum absolute atomic E-state index is 0.374. The van der Waals surface area contributed by atoms with Gasteiger partial charge in [0, 0.05) is 5.02 Å². The van der Waals surface area contributed by atoms with Gasteiger partial charge in [-0.25, -0.2) is 4.79 Å². The average molecular weight is 241 g/mol. The van der Waals surface area contributed by atoms with Crippen molar-refractivity contribution in [2.24, 2.45) is 0 Å². The van der Waals surface area contributed by atoms with E-state index in [1.54, 1.807) is 18.2 Å². The minimum Gasteiger partial charge on any atom is -0.503 e. The van der Waals surface area contributed by atoms with Crippen LogP contribution in [-0.4, -0.2) is 20.2 Å². The van der Waals surface area contributed by atoms with E-state index in [4.69, 9.17) is 16.3 Å². The Balaban J connectivity index is 3.22. The van der Waals surface area contributed by atoms with Gasteiger partial charge in [0.1, 0.15) is 5.57 Å². The van der Waals surface area contributed by atoms with E-state index in [-0.39, 0.29) is 0 Å². The molecule has 0 atom stereocenters. The third kappa shape index (κ3) is 2.76. The molecule has 0 aliphatic rings. The maximum atomic E-state index is 11.5. The summed E-state index contributed by atoms with van der Waals surface area (Å²) in [6, 6.07) is 5.26. The molecule has 16 heavy (non-hydrogen) atoms. The Hall–Kier alpha value is -1.48. The summed E-state index contributed by atoms with van der Waals surface area (Å²) < 4.78 is 9.56. The number of hydrogen-bond donors (Lipinski definition) is 0. The van der Waals surface area contributed by atoms with Crippen LogP contribution in [0.2, 0.25) is 5.02 Å². The largest absolute Gasteiger partial charge is 0.503 e. The molecule has 1 aromatic carbocycles. The zero-order valence-corrected chi connectivity index (χ0v) is 10.2. The maximum Gasteiger partial charge on any atom is 0.341 e. The molecule has 0 aliphatic heterocycles. The van der Waals surface area contributed by atoms with Gasteiger partial charge in [0.05, 0.1) is 20.5 Å². The zero-order valence-electron chi connectivity index (χ0n) is 9.41. The summed E-state index contributed by atoms with van der Waals surface area (Å²) in [7, 11) is 2.81. The molecule has 86 valence electrons. The lowest BCUT2D eigenvalue weighted by Gasteiger charge is -2.08. The van der Waals surface area contributed by atoms with Gasteiger partial charge in [0.25, 0.3) is 0 Å². The molecule has 0 fully saturated rings. The van der Waals surface area contributed by atoms with Crippen LogP contribution in [0.4, 0.5) is 0 Å². The topological polar surface area (TPSA) is 35.5 Å². The highest BCUT2D eigenvalue weighted by Crippen LogP contribution is 2.23. The number of benzene rings is 1. The Labute approximate surface area is 99.6 Å². The van der Waals surface area contributed by atoms with Crippen molar-refractivity contribution in [2.75, 3.05) is 14.2 Å². The molecule has 0 aliphatic carbocycles. The van der Waals surface area contributed by atoms with Crippen LogP contribution in [0.5, 0.6) is 0 Å². The van der Waals surface area contributed by atoms with Gasteiger partial charge in [0.15, 0.2) is 0 Å². The first-order valence-corrected chi connectivity index (χ1v) is 5.05. The van der Waals surface area contributed by atoms with E-state index in [1.165, 1.54) is 20.5 Å². The summed E-state index contributed by atoms with van der Waals surface area (Å²) >= 11 is 5.85. The maximum absolute atomic E-state index is 11.5. The predicted molar refractivity (Wildman–Crippen MR) is 63.2 cm³/mol. The van der Waals surface area contributed by atoms with Crippen LogP contribution in [0.3, 0.4) is 0 Å². The van der Waals surface area contributed by atoms with Gasteiger partial charge in [0.2, 0.25) is 0 Å². The Morgan fingerprint density at radius 2 is 2.06 bits per heavy atom. The highest BCUT2D eigenvalue weighted by Gasteiger charge is 2.15. The second-order valence-corrected chi connectivity index (χ2v) is 3.65. The molecule has 0 aromatic heterocycles. The highest BCUT2D eigenvalue weighted by molar-refractivity contribution is 6.30. The van der Waals surface area contributed by atoms with E-state index in [1.807, 2.05) is 6.92 Å². The van der Waals surface area contributed by atoms with Crippen molar-refractivity contribution in [3.8, 4) is 0 Å². The SMILES string of the molecule is COC=C(C(=O)OC)c1ccc(Cl)cc1C. The van der Waals surface area contributed by atoms with Gasteiger partial charge in [-0.15, -0.1) is 0 Å². The Bertz CT molecular complexity index is 424. The first-order valence-electron chi connectivity index (χ1n) is 4.68. The minimum atomic E-state index is -0.438. The second-order valence-electron chi connectivity index (χ2n) is 3.22. The van der Waals surface area contributed by atoms with E-state index < -0.39 is 5.97 Å². The molecule has 1 rings (SSSR count). The molecular weight excluding hydrogens is 228 g/mol. The Morgan fingerprint density at radius 3 is 2.56 bits per heavy atom. The molecule has 3 nitrogen and oxygen atoms in total. The standard InChI is InChI=1S/C12H13ClO3/c1-8-6-9(13)4-5-10(8)11(7-15-2)12(14)16-3/h4-7H,1-3H3. The van der Waals surface area contributed by atoms with E-state index >= 15 is 0 Å².